The maximum Gasteiger partial charge on any atom is 0.337 e. The monoisotopic (exact) mass is 564 g/mol. The van der Waals surface area contributed by atoms with Crippen LogP contribution in [0.5, 0.6) is 11.5 Å². The zero-order valence-corrected chi connectivity index (χ0v) is 24.3. The molecule has 1 heterocycles. The number of benzene rings is 2. The van der Waals surface area contributed by atoms with Crippen molar-refractivity contribution in [1.82, 2.24) is 15.0 Å². The number of hydrazone groups is 1. The number of carbonyl (C=O) groups excluding carboxylic acids is 1. The van der Waals surface area contributed by atoms with Crippen LogP contribution in [0.4, 0.5) is 4.79 Å². The molecule has 3 atom stereocenters. The predicted molar refractivity (Wildman–Crippen MR) is 156 cm³/mol. The lowest BCUT2D eigenvalue weighted by atomic mass is 9.91. The fourth-order valence-corrected chi connectivity index (χ4v) is 7.05. The normalized spacial score (nSPS) is 22.5. The van der Waals surface area contributed by atoms with E-state index in [0.29, 0.717) is 23.6 Å². The fourth-order valence-electron chi connectivity index (χ4n) is 5.27. The number of amides is 2. The van der Waals surface area contributed by atoms with Crippen LogP contribution in [-0.4, -0.2) is 63.8 Å². The second kappa shape index (κ2) is 11.1. The van der Waals surface area contributed by atoms with Crippen molar-refractivity contribution >= 4 is 27.3 Å². The van der Waals surface area contributed by atoms with Crippen LogP contribution in [-0.2, 0) is 16.4 Å². The molecule has 212 valence electrons. The summed E-state index contributed by atoms with van der Waals surface area (Å²) >= 11 is 0. The maximum absolute atomic E-state index is 12.8. The minimum atomic E-state index is -3.41. The average Bonchev–Trinajstić information content (AvgIpc) is 3.77. The number of allylic oxidation sites excluding steroid dienone is 3. The van der Waals surface area contributed by atoms with Gasteiger partial charge in [-0.25, -0.2) is 22.9 Å². The van der Waals surface area contributed by atoms with E-state index in [0.717, 1.165) is 40.7 Å². The third kappa shape index (κ3) is 5.51. The van der Waals surface area contributed by atoms with Gasteiger partial charge in [0, 0.05) is 24.2 Å². The number of rotatable bonds is 7. The van der Waals surface area contributed by atoms with Gasteiger partial charge in [-0.2, -0.15) is 5.10 Å². The van der Waals surface area contributed by atoms with Gasteiger partial charge in [0.15, 0.2) is 11.5 Å². The Morgan fingerprint density at radius 1 is 1.02 bits per heavy atom. The highest BCUT2D eigenvalue weighted by molar-refractivity contribution is 7.90. The van der Waals surface area contributed by atoms with Crippen molar-refractivity contribution in [3.63, 3.8) is 0 Å². The van der Waals surface area contributed by atoms with Crippen LogP contribution in [0.1, 0.15) is 48.9 Å². The van der Waals surface area contributed by atoms with Gasteiger partial charge in [-0.05, 0) is 60.9 Å². The van der Waals surface area contributed by atoms with Crippen LogP contribution >= 0.6 is 0 Å². The average molecular weight is 565 g/mol. The summed E-state index contributed by atoms with van der Waals surface area (Å²) < 4.78 is 39.5. The number of hydrogen-bond donors (Lipinski definition) is 2. The van der Waals surface area contributed by atoms with Gasteiger partial charge in [0.25, 0.3) is 0 Å². The molecular weight excluding hydrogens is 528 g/mol. The van der Waals surface area contributed by atoms with Gasteiger partial charge in [-0.15, -0.1) is 0 Å². The maximum atomic E-state index is 12.8. The molecule has 0 saturated heterocycles. The smallest absolute Gasteiger partial charge is 0.337 e. The van der Waals surface area contributed by atoms with Crippen molar-refractivity contribution in [2.24, 2.45) is 11.0 Å². The molecule has 3 unspecified atom stereocenters. The van der Waals surface area contributed by atoms with Crippen LogP contribution < -0.4 is 19.5 Å². The van der Waals surface area contributed by atoms with Crippen molar-refractivity contribution in [3.05, 3.63) is 76.9 Å². The number of ether oxygens (including phenoxy) is 2. The zero-order chi connectivity index (χ0) is 28.6. The second-order valence-corrected chi connectivity index (χ2v) is 12.5. The van der Waals surface area contributed by atoms with Gasteiger partial charge < -0.3 is 14.8 Å². The largest absolute Gasteiger partial charge is 0.493 e. The van der Waals surface area contributed by atoms with E-state index in [1.807, 2.05) is 62.4 Å². The summed E-state index contributed by atoms with van der Waals surface area (Å²) in [5, 5.41) is 8.41. The first-order valence-electron chi connectivity index (χ1n) is 13.5. The van der Waals surface area contributed by atoms with Crippen molar-refractivity contribution in [2.75, 3.05) is 21.3 Å². The van der Waals surface area contributed by atoms with Gasteiger partial charge >= 0.3 is 6.03 Å². The molecule has 0 spiro atoms. The lowest BCUT2D eigenvalue weighted by molar-refractivity contribution is 0.184. The summed E-state index contributed by atoms with van der Waals surface area (Å²) in [6.45, 7) is 3.89. The van der Waals surface area contributed by atoms with Gasteiger partial charge in [0.05, 0.1) is 31.2 Å². The number of carbonyl (C=O) groups is 1. The standard InChI is InChI=1S/C30H36N4O5S/c1-18-14-22(10-13-28(18)40(36,37)33-24-11-12-24)20-6-8-21(9-7-20)29-25-17-27(39-5)26(38-4)16-23(25)15-19(2)34(32-29)30(35)31-3/h6-10,13-14,16-19,24,28,33H,11-12,15H2,1-5H3,(H,31,35). The highest BCUT2D eigenvalue weighted by atomic mass is 32.2. The van der Waals surface area contributed by atoms with Crippen LogP contribution in [0.15, 0.2) is 59.7 Å². The number of methoxy groups -OCH3 is 2. The van der Waals surface area contributed by atoms with E-state index < -0.39 is 15.3 Å². The van der Waals surface area contributed by atoms with E-state index in [9.17, 15) is 13.2 Å². The van der Waals surface area contributed by atoms with Crippen molar-refractivity contribution in [1.29, 1.82) is 0 Å². The van der Waals surface area contributed by atoms with Crippen molar-refractivity contribution < 1.29 is 22.7 Å². The molecule has 0 radical (unpaired) electrons. The molecule has 10 heteroatoms. The summed E-state index contributed by atoms with van der Waals surface area (Å²) in [6, 6.07) is 11.4. The van der Waals surface area contributed by atoms with Gasteiger partial charge in [0.2, 0.25) is 10.0 Å². The van der Waals surface area contributed by atoms with Gasteiger partial charge in [-0.3, -0.25) is 0 Å². The molecule has 0 aromatic heterocycles. The number of sulfonamides is 1. The summed E-state index contributed by atoms with van der Waals surface area (Å²) in [5.74, 6) is 1.03. The summed E-state index contributed by atoms with van der Waals surface area (Å²) in [5.41, 5.74) is 5.28. The number of fused-ring (bicyclic) bond motifs is 1. The molecule has 9 nitrogen and oxygen atoms in total. The first-order valence-corrected chi connectivity index (χ1v) is 15.1. The lowest BCUT2D eigenvalue weighted by Gasteiger charge is -2.24. The Balaban J connectivity index is 1.49. The minimum Gasteiger partial charge on any atom is -0.493 e. The van der Waals surface area contributed by atoms with E-state index in [1.165, 1.54) is 5.01 Å². The molecule has 1 aliphatic heterocycles. The van der Waals surface area contributed by atoms with Crippen LogP contribution in [0.3, 0.4) is 0 Å². The summed E-state index contributed by atoms with van der Waals surface area (Å²) in [7, 11) is 1.38. The fraction of sp³-hybridized carbons (Fsp3) is 0.400. The Kier molecular flexibility index (Phi) is 7.74. The zero-order valence-electron chi connectivity index (χ0n) is 23.5. The van der Waals surface area contributed by atoms with Crippen LogP contribution in [0, 0.1) is 5.92 Å². The Bertz CT molecular complexity index is 1490. The molecule has 2 amide bonds. The third-order valence-corrected chi connectivity index (χ3v) is 9.58. The summed E-state index contributed by atoms with van der Waals surface area (Å²) in [4.78, 5) is 12.8. The topological polar surface area (TPSA) is 109 Å². The van der Waals surface area contributed by atoms with E-state index >= 15 is 0 Å². The van der Waals surface area contributed by atoms with Gasteiger partial charge in [-0.1, -0.05) is 49.4 Å². The molecule has 1 fully saturated rings. The molecule has 1 saturated carbocycles. The van der Waals surface area contributed by atoms with E-state index in [-0.39, 0.29) is 24.0 Å². The van der Waals surface area contributed by atoms with E-state index in [2.05, 4.69) is 10.0 Å². The Morgan fingerprint density at radius 2 is 1.68 bits per heavy atom. The van der Waals surface area contributed by atoms with Crippen molar-refractivity contribution in [3.8, 4) is 11.5 Å². The molecule has 2 aliphatic carbocycles. The van der Waals surface area contributed by atoms with E-state index in [4.69, 9.17) is 14.6 Å². The number of nitrogens with zero attached hydrogens (tertiary/aromatic N) is 2. The van der Waals surface area contributed by atoms with Crippen LogP contribution in [0.2, 0.25) is 0 Å². The lowest BCUT2D eigenvalue weighted by Crippen LogP contribution is -2.41. The molecule has 3 aliphatic rings. The molecule has 2 N–H and O–H groups in total. The Morgan fingerprint density at radius 3 is 2.27 bits per heavy atom. The Labute approximate surface area is 236 Å². The third-order valence-electron chi connectivity index (χ3n) is 7.61. The first kappa shape index (κ1) is 27.9. The first-order chi connectivity index (χ1) is 19.1. The molecule has 5 rings (SSSR count). The molecule has 40 heavy (non-hydrogen) atoms. The predicted octanol–water partition coefficient (Wildman–Crippen LogP) is 4.08. The molecular formula is C30H36N4O5S. The number of urea groups is 1. The van der Waals surface area contributed by atoms with Crippen LogP contribution in [0.25, 0.3) is 5.57 Å². The highest BCUT2D eigenvalue weighted by Gasteiger charge is 2.35. The number of nitrogens with one attached hydrogen (secondary N) is 2. The molecule has 0 bridgehead atoms. The Hall–Kier alpha value is -3.63. The second-order valence-electron chi connectivity index (χ2n) is 10.6. The highest BCUT2D eigenvalue weighted by Crippen LogP contribution is 2.35. The van der Waals surface area contributed by atoms with E-state index in [1.54, 1.807) is 27.3 Å². The SMILES string of the molecule is CNC(=O)N1N=C(c2ccc(C3=CC(C)C(S(=O)(=O)NC4CC4)C=C3)cc2)c2cc(OC)c(OC)cc2CC1C. The van der Waals surface area contributed by atoms with Gasteiger partial charge in [0.1, 0.15) is 0 Å². The number of hydrogen-bond acceptors (Lipinski definition) is 6. The molecule has 2 aromatic carbocycles. The molecule has 2 aromatic rings. The minimum absolute atomic E-state index is 0.0870. The quantitative estimate of drug-likeness (QED) is 0.527. The van der Waals surface area contributed by atoms with Crippen molar-refractivity contribution in [2.45, 2.75) is 50.4 Å². The summed E-state index contributed by atoms with van der Waals surface area (Å²) in [6.07, 6.45) is 8.09.